The van der Waals surface area contributed by atoms with Crippen molar-refractivity contribution >= 4 is 40.3 Å². The van der Waals surface area contributed by atoms with Gasteiger partial charge in [-0.25, -0.2) is 14.2 Å². The molecule has 2 fully saturated rings. The first-order valence-electron chi connectivity index (χ1n) is 13.0. The number of para-hydroxylation sites is 2. The SMILES string of the molecule is CC(C)(C)OC(=O)N1CCN(C(=O)C2CCN(c3ccc(Cl)c(-c4nc5ccccc5[nH]4)c3)CC2)CC1F. The summed E-state index contributed by atoms with van der Waals surface area (Å²) >= 11 is 6.53. The number of benzene rings is 2. The fraction of sp³-hybridized carbons (Fsp3) is 0.464. The Morgan fingerprint density at radius 3 is 2.50 bits per heavy atom. The lowest BCUT2D eigenvalue weighted by molar-refractivity contribution is -0.141. The molecule has 2 aliphatic heterocycles. The van der Waals surface area contributed by atoms with Gasteiger partial charge in [-0.2, -0.15) is 0 Å². The quantitative estimate of drug-likeness (QED) is 0.444. The van der Waals surface area contributed by atoms with Gasteiger partial charge in [0.2, 0.25) is 5.91 Å². The first-order valence-corrected chi connectivity index (χ1v) is 13.4. The third-order valence-corrected chi connectivity index (χ3v) is 7.39. The Hall–Kier alpha value is -3.33. The number of halogens is 2. The zero-order valence-corrected chi connectivity index (χ0v) is 22.7. The Bertz CT molecular complexity index is 1300. The number of nitrogens with one attached hydrogen (secondary N) is 1. The number of piperazine rings is 1. The molecule has 5 rings (SSSR count). The van der Waals surface area contributed by atoms with Crippen LogP contribution in [0, 0.1) is 5.92 Å². The normalized spacial score (nSPS) is 19.2. The lowest BCUT2D eigenvalue weighted by Gasteiger charge is -2.40. The molecule has 1 atom stereocenters. The number of nitrogens with zero attached hydrogens (tertiary/aromatic N) is 4. The number of aromatic nitrogens is 2. The molecule has 2 aromatic carbocycles. The van der Waals surface area contributed by atoms with Crippen molar-refractivity contribution in [3.8, 4) is 11.4 Å². The Labute approximate surface area is 226 Å². The van der Waals surface area contributed by atoms with Crippen LogP contribution in [-0.2, 0) is 9.53 Å². The predicted octanol–water partition coefficient (Wildman–Crippen LogP) is 5.47. The second-order valence-corrected chi connectivity index (χ2v) is 11.3. The van der Waals surface area contributed by atoms with Crippen LogP contribution in [0.5, 0.6) is 0 Å². The molecule has 2 saturated heterocycles. The smallest absolute Gasteiger partial charge is 0.412 e. The molecule has 3 heterocycles. The minimum absolute atomic E-state index is 0.0461. The summed E-state index contributed by atoms with van der Waals surface area (Å²) in [7, 11) is 0. The lowest BCUT2D eigenvalue weighted by atomic mass is 9.94. The van der Waals surface area contributed by atoms with Crippen LogP contribution in [0.2, 0.25) is 5.02 Å². The zero-order valence-electron chi connectivity index (χ0n) is 21.9. The van der Waals surface area contributed by atoms with Crippen molar-refractivity contribution in [2.24, 2.45) is 5.92 Å². The van der Waals surface area contributed by atoms with Crippen LogP contribution in [0.1, 0.15) is 33.6 Å². The summed E-state index contributed by atoms with van der Waals surface area (Å²) in [6.07, 6.45) is -0.918. The number of piperidine rings is 1. The van der Waals surface area contributed by atoms with E-state index in [2.05, 4.69) is 14.9 Å². The van der Waals surface area contributed by atoms with E-state index in [1.807, 2.05) is 42.5 Å². The molecule has 3 aromatic rings. The Kier molecular flexibility index (Phi) is 7.22. The summed E-state index contributed by atoms with van der Waals surface area (Å²) in [5.41, 5.74) is 2.98. The minimum atomic E-state index is -1.58. The molecule has 0 spiro atoms. The molecule has 1 unspecified atom stereocenters. The number of carbonyl (C=O) groups is 2. The number of amides is 2. The number of fused-ring (bicyclic) bond motifs is 1. The standard InChI is InChI=1S/C28H33ClFN5O3/c1-28(2,3)38-27(37)35-15-14-34(17-24(35)30)26(36)18-10-12-33(13-11-18)19-8-9-21(29)20(16-19)25-31-22-6-4-5-7-23(22)32-25/h4-9,16,18,24H,10-15,17H2,1-3H3,(H,31,32). The van der Waals surface area contributed by atoms with E-state index in [0.717, 1.165) is 33.0 Å². The van der Waals surface area contributed by atoms with Crippen LogP contribution in [0.25, 0.3) is 22.4 Å². The van der Waals surface area contributed by atoms with Gasteiger partial charge in [-0.15, -0.1) is 0 Å². The molecule has 0 bridgehead atoms. The molecule has 10 heteroatoms. The van der Waals surface area contributed by atoms with Crippen LogP contribution in [0.15, 0.2) is 42.5 Å². The highest BCUT2D eigenvalue weighted by molar-refractivity contribution is 6.33. The van der Waals surface area contributed by atoms with E-state index < -0.39 is 18.0 Å². The van der Waals surface area contributed by atoms with E-state index in [1.54, 1.807) is 25.7 Å². The lowest BCUT2D eigenvalue weighted by Crippen LogP contribution is -2.57. The maximum Gasteiger partial charge on any atom is 0.412 e. The van der Waals surface area contributed by atoms with E-state index in [0.29, 0.717) is 37.5 Å². The average Bonchev–Trinajstić information content (AvgIpc) is 3.31. The third-order valence-electron chi connectivity index (χ3n) is 7.06. The van der Waals surface area contributed by atoms with Gasteiger partial charge in [0.1, 0.15) is 11.4 Å². The summed E-state index contributed by atoms with van der Waals surface area (Å²) in [6.45, 7) is 6.93. The number of hydrogen-bond acceptors (Lipinski definition) is 5. The third kappa shape index (κ3) is 5.57. The van der Waals surface area contributed by atoms with Crippen molar-refractivity contribution in [2.45, 2.75) is 45.5 Å². The van der Waals surface area contributed by atoms with E-state index in [9.17, 15) is 14.0 Å². The maximum atomic E-state index is 14.8. The molecule has 2 aliphatic rings. The second kappa shape index (κ2) is 10.4. The summed E-state index contributed by atoms with van der Waals surface area (Å²) in [4.78, 5) is 38.4. The van der Waals surface area contributed by atoms with Gasteiger partial charge in [-0.05, 0) is 63.9 Å². The fourth-order valence-electron chi connectivity index (χ4n) is 5.08. The van der Waals surface area contributed by atoms with Crippen molar-refractivity contribution in [3.05, 3.63) is 47.5 Å². The Morgan fingerprint density at radius 2 is 1.82 bits per heavy atom. The van der Waals surface area contributed by atoms with Gasteiger partial charge in [0.05, 0.1) is 22.6 Å². The van der Waals surface area contributed by atoms with E-state index in [-0.39, 0.29) is 24.9 Å². The zero-order chi connectivity index (χ0) is 27.0. The highest BCUT2D eigenvalue weighted by atomic mass is 35.5. The number of carbonyl (C=O) groups excluding carboxylic acids is 2. The summed E-state index contributed by atoms with van der Waals surface area (Å²) in [6, 6.07) is 13.7. The molecule has 0 saturated carbocycles. The van der Waals surface area contributed by atoms with Crippen molar-refractivity contribution in [2.75, 3.05) is 37.6 Å². The Balaban J connectivity index is 1.19. The number of ether oxygens (including phenoxy) is 1. The molecule has 2 amide bonds. The number of anilines is 1. The maximum absolute atomic E-state index is 14.8. The summed E-state index contributed by atoms with van der Waals surface area (Å²) in [5.74, 6) is 0.498. The van der Waals surface area contributed by atoms with E-state index in [1.165, 1.54) is 0 Å². The first kappa shape index (κ1) is 26.3. The van der Waals surface area contributed by atoms with Gasteiger partial charge in [-0.1, -0.05) is 23.7 Å². The van der Waals surface area contributed by atoms with Crippen molar-refractivity contribution in [1.29, 1.82) is 0 Å². The van der Waals surface area contributed by atoms with Gasteiger partial charge < -0.3 is 19.5 Å². The van der Waals surface area contributed by atoms with Crippen LogP contribution >= 0.6 is 11.6 Å². The molecule has 38 heavy (non-hydrogen) atoms. The van der Waals surface area contributed by atoms with Gasteiger partial charge in [0, 0.05) is 43.3 Å². The van der Waals surface area contributed by atoms with Gasteiger partial charge >= 0.3 is 6.09 Å². The molecule has 1 N–H and O–H groups in total. The molecular weight excluding hydrogens is 509 g/mol. The van der Waals surface area contributed by atoms with Crippen LogP contribution in [0.4, 0.5) is 14.9 Å². The van der Waals surface area contributed by atoms with Crippen molar-refractivity contribution in [1.82, 2.24) is 19.8 Å². The number of imidazole rings is 1. The average molecular weight is 542 g/mol. The van der Waals surface area contributed by atoms with Gasteiger partial charge in [0.15, 0.2) is 6.30 Å². The molecule has 0 radical (unpaired) electrons. The number of rotatable bonds is 3. The first-order chi connectivity index (χ1) is 18.1. The van der Waals surface area contributed by atoms with E-state index >= 15 is 0 Å². The molecule has 1 aromatic heterocycles. The monoisotopic (exact) mass is 541 g/mol. The summed E-state index contributed by atoms with van der Waals surface area (Å²) < 4.78 is 20.1. The Morgan fingerprint density at radius 1 is 1.08 bits per heavy atom. The highest BCUT2D eigenvalue weighted by Gasteiger charge is 2.37. The number of H-pyrrole nitrogens is 1. The van der Waals surface area contributed by atoms with Gasteiger partial charge in [-0.3, -0.25) is 9.69 Å². The molecular formula is C28H33ClFN5O3. The summed E-state index contributed by atoms with van der Waals surface area (Å²) in [5, 5.41) is 0.615. The van der Waals surface area contributed by atoms with Crippen molar-refractivity contribution in [3.63, 3.8) is 0 Å². The number of alkyl halides is 1. The van der Waals surface area contributed by atoms with E-state index in [4.69, 9.17) is 16.3 Å². The second-order valence-electron chi connectivity index (χ2n) is 10.9. The van der Waals surface area contributed by atoms with Gasteiger partial charge in [0.25, 0.3) is 0 Å². The molecule has 0 aliphatic carbocycles. The number of hydrogen-bond donors (Lipinski definition) is 1. The van der Waals surface area contributed by atoms with Crippen molar-refractivity contribution < 1.29 is 18.7 Å². The predicted molar refractivity (Wildman–Crippen MR) is 146 cm³/mol. The largest absolute Gasteiger partial charge is 0.444 e. The van der Waals surface area contributed by atoms with Crippen LogP contribution < -0.4 is 4.90 Å². The number of aromatic amines is 1. The molecule has 202 valence electrons. The highest BCUT2D eigenvalue weighted by Crippen LogP contribution is 2.33. The van der Waals surface area contributed by atoms with Crippen LogP contribution in [0.3, 0.4) is 0 Å². The molecule has 8 nitrogen and oxygen atoms in total. The van der Waals surface area contributed by atoms with Crippen LogP contribution in [-0.4, -0.2) is 76.4 Å². The fourth-order valence-corrected chi connectivity index (χ4v) is 5.29. The topological polar surface area (TPSA) is 81.8 Å². The minimum Gasteiger partial charge on any atom is -0.444 e.